The maximum absolute atomic E-state index is 13.3. The minimum absolute atomic E-state index is 0.436. The van der Waals surface area contributed by atoms with Crippen molar-refractivity contribution in [2.75, 3.05) is 0 Å². The number of alkyl halides is 3. The van der Waals surface area contributed by atoms with Crippen molar-refractivity contribution >= 4 is 0 Å². The minimum Gasteiger partial charge on any atom is -0.206 e. The molecule has 0 bridgehead atoms. The van der Waals surface area contributed by atoms with Crippen molar-refractivity contribution in [1.29, 1.82) is 0 Å². The molecule has 0 aliphatic heterocycles. The Hall–Kier alpha value is -1.20. The molecule has 1 aromatic rings. The van der Waals surface area contributed by atoms with Gasteiger partial charge in [-0.05, 0) is 13.3 Å². The maximum atomic E-state index is 13.3. The summed E-state index contributed by atoms with van der Waals surface area (Å²) in [4.78, 5) is 0. The van der Waals surface area contributed by atoms with Crippen LogP contribution >= 0.6 is 0 Å². The maximum Gasteiger partial charge on any atom is 0.419 e. The summed E-state index contributed by atoms with van der Waals surface area (Å²) in [6, 6.07) is 0. The number of rotatable bonds is 1. The van der Waals surface area contributed by atoms with E-state index in [9.17, 15) is 26.3 Å². The van der Waals surface area contributed by atoms with E-state index >= 15 is 0 Å². The first-order valence-corrected chi connectivity index (χ1v) is 4.44. The molecule has 0 amide bonds. The predicted molar refractivity (Wildman–Crippen MR) is 45.4 cm³/mol. The van der Waals surface area contributed by atoms with Gasteiger partial charge in [-0.25, -0.2) is 13.2 Å². The lowest BCUT2D eigenvalue weighted by Crippen LogP contribution is -2.16. The van der Waals surface area contributed by atoms with E-state index in [1.807, 2.05) is 0 Å². The molecule has 0 nitrogen and oxygen atoms in total. The van der Waals surface area contributed by atoms with Crippen LogP contribution in [0.5, 0.6) is 0 Å². The smallest absolute Gasteiger partial charge is 0.206 e. The van der Waals surface area contributed by atoms with E-state index in [0.29, 0.717) is 0 Å². The van der Waals surface area contributed by atoms with Gasteiger partial charge < -0.3 is 0 Å². The van der Waals surface area contributed by atoms with Gasteiger partial charge in [0.05, 0.1) is 5.56 Å². The zero-order chi connectivity index (χ0) is 12.7. The van der Waals surface area contributed by atoms with Crippen molar-refractivity contribution in [2.45, 2.75) is 26.4 Å². The lowest BCUT2D eigenvalue weighted by molar-refractivity contribution is -0.141. The fraction of sp³-hybridized carbons (Fsp3) is 0.400. The van der Waals surface area contributed by atoms with Crippen LogP contribution in [0.4, 0.5) is 26.3 Å². The first kappa shape index (κ1) is 12.9. The van der Waals surface area contributed by atoms with Gasteiger partial charge in [0.2, 0.25) is 0 Å². The molecular weight excluding hydrogens is 234 g/mol. The summed E-state index contributed by atoms with van der Waals surface area (Å²) < 4.78 is 76.9. The van der Waals surface area contributed by atoms with Crippen LogP contribution < -0.4 is 0 Å². The van der Waals surface area contributed by atoms with Crippen LogP contribution in [0.15, 0.2) is 0 Å². The molecule has 0 atom stereocenters. The van der Waals surface area contributed by atoms with E-state index in [2.05, 4.69) is 0 Å². The third-order valence-corrected chi connectivity index (χ3v) is 2.27. The average molecular weight is 242 g/mol. The molecule has 90 valence electrons. The Balaban J connectivity index is 3.72. The highest BCUT2D eigenvalue weighted by molar-refractivity contribution is 5.38. The summed E-state index contributed by atoms with van der Waals surface area (Å²) in [5.74, 6) is -4.95. The van der Waals surface area contributed by atoms with E-state index in [1.165, 1.54) is 6.92 Å². The molecule has 1 aromatic carbocycles. The van der Waals surface area contributed by atoms with Gasteiger partial charge in [0.1, 0.15) is 5.82 Å². The third-order valence-electron chi connectivity index (χ3n) is 2.27. The van der Waals surface area contributed by atoms with Crippen molar-refractivity contribution < 1.29 is 26.3 Å². The first-order valence-electron chi connectivity index (χ1n) is 4.44. The van der Waals surface area contributed by atoms with Gasteiger partial charge in [0, 0.05) is 11.1 Å². The highest BCUT2D eigenvalue weighted by Crippen LogP contribution is 2.37. The van der Waals surface area contributed by atoms with Gasteiger partial charge in [0.25, 0.3) is 0 Å². The summed E-state index contributed by atoms with van der Waals surface area (Å²) in [7, 11) is 0. The van der Waals surface area contributed by atoms with Crippen LogP contribution in [0.25, 0.3) is 0 Å². The van der Waals surface area contributed by atoms with Crippen molar-refractivity contribution in [2.24, 2.45) is 0 Å². The Morgan fingerprint density at radius 1 is 0.938 bits per heavy atom. The highest BCUT2D eigenvalue weighted by atomic mass is 19.4. The van der Waals surface area contributed by atoms with Crippen LogP contribution in [0.1, 0.15) is 23.6 Å². The largest absolute Gasteiger partial charge is 0.419 e. The predicted octanol–water partition coefficient (Wildman–Crippen LogP) is 3.99. The molecule has 0 saturated carbocycles. The van der Waals surface area contributed by atoms with Gasteiger partial charge in [-0.3, -0.25) is 0 Å². The van der Waals surface area contributed by atoms with Gasteiger partial charge in [-0.15, -0.1) is 0 Å². The standard InChI is InChI=1S/C10H8F6/c1-3-5-6(10(14,15)16)7(11)4(2)8(12)9(5)13/h3H2,1-2H3. The van der Waals surface area contributed by atoms with Crippen LogP contribution in [0.2, 0.25) is 0 Å². The molecule has 0 aliphatic rings. The van der Waals surface area contributed by atoms with Crippen LogP contribution in [0.3, 0.4) is 0 Å². The lowest BCUT2D eigenvalue weighted by atomic mass is 9.99. The van der Waals surface area contributed by atoms with Gasteiger partial charge in [-0.1, -0.05) is 6.92 Å². The molecule has 16 heavy (non-hydrogen) atoms. The molecule has 0 spiro atoms. The van der Waals surface area contributed by atoms with Crippen LogP contribution in [-0.4, -0.2) is 0 Å². The zero-order valence-electron chi connectivity index (χ0n) is 8.47. The molecule has 1 rings (SSSR count). The van der Waals surface area contributed by atoms with Crippen LogP contribution in [0, 0.1) is 24.4 Å². The quantitative estimate of drug-likeness (QED) is 0.516. The highest BCUT2D eigenvalue weighted by Gasteiger charge is 2.39. The number of benzene rings is 1. The van der Waals surface area contributed by atoms with E-state index in [1.54, 1.807) is 0 Å². The number of hydrogen-bond acceptors (Lipinski definition) is 0. The topological polar surface area (TPSA) is 0 Å². The summed E-state index contributed by atoms with van der Waals surface area (Å²) in [6.07, 6.45) is -5.47. The molecule has 0 aliphatic carbocycles. The van der Waals surface area contributed by atoms with Crippen molar-refractivity contribution in [1.82, 2.24) is 0 Å². The average Bonchev–Trinajstić information content (AvgIpc) is 2.18. The molecule has 0 radical (unpaired) electrons. The molecule has 0 heterocycles. The monoisotopic (exact) mass is 242 g/mol. The lowest BCUT2D eigenvalue weighted by Gasteiger charge is -2.16. The Morgan fingerprint density at radius 3 is 1.81 bits per heavy atom. The Bertz CT molecular complexity index is 419. The fourth-order valence-corrected chi connectivity index (χ4v) is 1.45. The summed E-state index contributed by atoms with van der Waals surface area (Å²) in [5.41, 5.74) is -3.65. The SMILES string of the molecule is CCc1c(F)c(F)c(C)c(F)c1C(F)(F)F. The summed E-state index contributed by atoms with van der Waals surface area (Å²) >= 11 is 0. The van der Waals surface area contributed by atoms with E-state index in [4.69, 9.17) is 0 Å². The minimum atomic E-state index is -5.03. The second-order valence-corrected chi connectivity index (χ2v) is 3.27. The molecule has 0 N–H and O–H groups in total. The van der Waals surface area contributed by atoms with Gasteiger partial charge in [-0.2, -0.15) is 13.2 Å². The van der Waals surface area contributed by atoms with Crippen molar-refractivity contribution in [3.8, 4) is 0 Å². The second-order valence-electron chi connectivity index (χ2n) is 3.27. The van der Waals surface area contributed by atoms with E-state index < -0.39 is 46.7 Å². The molecule has 6 heteroatoms. The Labute approximate surface area is 87.9 Å². The first-order chi connectivity index (χ1) is 7.21. The van der Waals surface area contributed by atoms with E-state index in [0.717, 1.165) is 6.92 Å². The van der Waals surface area contributed by atoms with E-state index in [-0.39, 0.29) is 0 Å². The van der Waals surface area contributed by atoms with Crippen molar-refractivity contribution in [3.63, 3.8) is 0 Å². The molecular formula is C10H8F6. The Morgan fingerprint density at radius 2 is 1.44 bits per heavy atom. The Kier molecular flexibility index (Phi) is 3.21. The van der Waals surface area contributed by atoms with Gasteiger partial charge in [0.15, 0.2) is 11.6 Å². The van der Waals surface area contributed by atoms with Crippen LogP contribution in [-0.2, 0) is 12.6 Å². The second kappa shape index (κ2) is 3.99. The summed E-state index contributed by atoms with van der Waals surface area (Å²) in [6.45, 7) is 1.96. The van der Waals surface area contributed by atoms with Crippen molar-refractivity contribution in [3.05, 3.63) is 34.1 Å². The molecule has 0 saturated heterocycles. The zero-order valence-corrected chi connectivity index (χ0v) is 8.47. The molecule has 0 fully saturated rings. The number of hydrogen-bond donors (Lipinski definition) is 0. The summed E-state index contributed by atoms with van der Waals surface area (Å²) in [5, 5.41) is 0. The molecule has 0 aromatic heterocycles. The fourth-order valence-electron chi connectivity index (χ4n) is 1.45. The normalized spacial score (nSPS) is 12.0. The van der Waals surface area contributed by atoms with Gasteiger partial charge >= 0.3 is 6.18 Å². The molecule has 0 unspecified atom stereocenters. The number of halogens is 6. The third kappa shape index (κ3) is 1.88.